The molecule has 0 aromatic heterocycles. The van der Waals surface area contributed by atoms with E-state index in [-0.39, 0.29) is 7.43 Å². The predicted octanol–water partition coefficient (Wildman–Crippen LogP) is 5.39. The maximum Gasteiger partial charge on any atom is 0.0249 e. The Balaban J connectivity index is 0. The van der Waals surface area contributed by atoms with E-state index in [1.54, 1.807) is 6.08 Å². The molecule has 0 aliphatic carbocycles. The van der Waals surface area contributed by atoms with Gasteiger partial charge in [-0.3, -0.25) is 0 Å². The van der Waals surface area contributed by atoms with Crippen molar-refractivity contribution in [3.8, 4) is 11.8 Å². The molecular formula is C18H24. The van der Waals surface area contributed by atoms with E-state index in [0.29, 0.717) is 0 Å². The van der Waals surface area contributed by atoms with Gasteiger partial charge in [0.15, 0.2) is 0 Å². The summed E-state index contributed by atoms with van der Waals surface area (Å²) in [5.41, 5.74) is 1.99. The fourth-order valence-corrected chi connectivity index (χ4v) is 1.11. The minimum atomic E-state index is 0. The van der Waals surface area contributed by atoms with E-state index in [2.05, 4.69) is 18.4 Å². The third kappa shape index (κ3) is 8.19. The third-order valence-corrected chi connectivity index (χ3v) is 1.77. The van der Waals surface area contributed by atoms with Crippen LogP contribution >= 0.6 is 0 Å². The van der Waals surface area contributed by atoms with Crippen LogP contribution in [0.15, 0.2) is 66.8 Å². The van der Waals surface area contributed by atoms with Gasteiger partial charge in [0.2, 0.25) is 0 Å². The van der Waals surface area contributed by atoms with Crippen molar-refractivity contribution in [1.82, 2.24) is 0 Å². The Morgan fingerprint density at radius 1 is 1.17 bits per heavy atom. The minimum absolute atomic E-state index is 0. The van der Waals surface area contributed by atoms with E-state index in [1.807, 2.05) is 69.3 Å². The smallest absolute Gasteiger partial charge is 0.0249 e. The Morgan fingerprint density at radius 3 is 2.28 bits per heavy atom. The van der Waals surface area contributed by atoms with Gasteiger partial charge in [-0.2, -0.15) is 0 Å². The topological polar surface area (TPSA) is 0 Å². The number of benzene rings is 1. The molecule has 0 unspecified atom stereocenters. The highest BCUT2D eigenvalue weighted by atomic mass is 13.9. The summed E-state index contributed by atoms with van der Waals surface area (Å²) in [5, 5.41) is 0. The molecule has 0 heteroatoms. The normalized spacial score (nSPS) is 9.39. The number of hydrogen-bond donors (Lipinski definition) is 0. The lowest BCUT2D eigenvalue weighted by Crippen LogP contribution is -1.74. The molecule has 1 rings (SSSR count). The summed E-state index contributed by atoms with van der Waals surface area (Å²) < 4.78 is 0. The summed E-state index contributed by atoms with van der Waals surface area (Å²) in [6.07, 6.45) is 7.58. The summed E-state index contributed by atoms with van der Waals surface area (Å²) in [4.78, 5) is 0. The second-order valence-electron chi connectivity index (χ2n) is 2.97. The average Bonchev–Trinajstić information content (AvgIpc) is 2.40. The van der Waals surface area contributed by atoms with E-state index < -0.39 is 0 Å². The van der Waals surface area contributed by atoms with Gasteiger partial charge in [-0.15, -0.1) is 0 Å². The van der Waals surface area contributed by atoms with Crippen molar-refractivity contribution in [1.29, 1.82) is 0 Å². The van der Waals surface area contributed by atoms with Crippen LogP contribution in [-0.4, -0.2) is 0 Å². The first-order valence-corrected chi connectivity index (χ1v) is 5.89. The standard InChI is InChI=1S/C15H14.C2H6.CH4/c1-3-8-14(9-4-2)12-13-15-10-6-5-7-11-15;1-2;/h3-11H,1H2,2H3;1-2H3;1H4/b9-4-,14-8+;;. The van der Waals surface area contributed by atoms with Crippen LogP contribution in [-0.2, 0) is 0 Å². The molecule has 0 fully saturated rings. The molecule has 0 atom stereocenters. The molecular weight excluding hydrogens is 216 g/mol. The maximum atomic E-state index is 3.66. The third-order valence-electron chi connectivity index (χ3n) is 1.77. The molecule has 0 radical (unpaired) electrons. The maximum absolute atomic E-state index is 3.66. The Hall–Kier alpha value is -2.00. The quantitative estimate of drug-likeness (QED) is 0.480. The molecule has 0 amide bonds. The van der Waals surface area contributed by atoms with Gasteiger partial charge < -0.3 is 0 Å². The predicted molar refractivity (Wildman–Crippen MR) is 84.5 cm³/mol. The van der Waals surface area contributed by atoms with Gasteiger partial charge in [0.25, 0.3) is 0 Å². The first-order chi connectivity index (χ1) is 8.36. The lowest BCUT2D eigenvalue weighted by atomic mass is 10.2. The fourth-order valence-electron chi connectivity index (χ4n) is 1.11. The molecule has 0 nitrogen and oxygen atoms in total. The molecule has 0 N–H and O–H groups in total. The summed E-state index contributed by atoms with van der Waals surface area (Å²) in [5.74, 6) is 6.19. The zero-order valence-electron chi connectivity index (χ0n) is 10.9. The zero-order chi connectivity index (χ0) is 12.9. The highest BCUT2D eigenvalue weighted by Crippen LogP contribution is 1.99. The van der Waals surface area contributed by atoms with Crippen LogP contribution in [0, 0.1) is 11.8 Å². The molecule has 1 aromatic carbocycles. The van der Waals surface area contributed by atoms with Crippen LogP contribution in [0.2, 0.25) is 0 Å². The minimum Gasteiger partial charge on any atom is -0.0990 e. The number of rotatable bonds is 2. The second-order valence-corrected chi connectivity index (χ2v) is 2.97. The summed E-state index contributed by atoms with van der Waals surface area (Å²) in [6.45, 7) is 9.63. The van der Waals surface area contributed by atoms with Crippen LogP contribution in [0.3, 0.4) is 0 Å². The van der Waals surface area contributed by atoms with Crippen LogP contribution in [0.1, 0.15) is 33.8 Å². The Morgan fingerprint density at radius 2 is 1.78 bits per heavy atom. The zero-order valence-corrected chi connectivity index (χ0v) is 10.9. The van der Waals surface area contributed by atoms with E-state index in [9.17, 15) is 0 Å². The monoisotopic (exact) mass is 240 g/mol. The van der Waals surface area contributed by atoms with Crippen LogP contribution in [0.4, 0.5) is 0 Å². The first kappa shape index (κ1) is 18.4. The van der Waals surface area contributed by atoms with Crippen molar-refractivity contribution in [2.24, 2.45) is 0 Å². The molecule has 0 saturated carbocycles. The van der Waals surface area contributed by atoms with Gasteiger partial charge in [-0.25, -0.2) is 0 Å². The Kier molecular flexibility index (Phi) is 13.3. The van der Waals surface area contributed by atoms with Gasteiger partial charge in [0, 0.05) is 11.1 Å². The van der Waals surface area contributed by atoms with Gasteiger partial charge in [-0.1, -0.05) is 76.1 Å². The molecule has 0 spiro atoms. The second kappa shape index (κ2) is 13.1. The summed E-state index contributed by atoms with van der Waals surface area (Å²) >= 11 is 0. The van der Waals surface area contributed by atoms with Crippen molar-refractivity contribution in [2.75, 3.05) is 0 Å². The summed E-state index contributed by atoms with van der Waals surface area (Å²) in [7, 11) is 0. The number of hydrogen-bond acceptors (Lipinski definition) is 0. The van der Waals surface area contributed by atoms with Crippen LogP contribution in [0.5, 0.6) is 0 Å². The van der Waals surface area contributed by atoms with Crippen molar-refractivity contribution in [3.63, 3.8) is 0 Å². The molecule has 0 heterocycles. The SMILES string of the molecule is C.C=C/C=C(C#Cc1ccccc1)\C=C/C.CC. The van der Waals surface area contributed by atoms with E-state index in [0.717, 1.165) is 11.1 Å². The molecule has 0 saturated heterocycles. The molecule has 0 aliphatic heterocycles. The van der Waals surface area contributed by atoms with E-state index in [4.69, 9.17) is 0 Å². The van der Waals surface area contributed by atoms with Gasteiger partial charge in [0.05, 0.1) is 0 Å². The molecule has 1 aromatic rings. The highest BCUT2D eigenvalue weighted by molar-refractivity contribution is 5.45. The molecule has 96 valence electrons. The van der Waals surface area contributed by atoms with Gasteiger partial charge in [0.1, 0.15) is 0 Å². The average molecular weight is 240 g/mol. The fraction of sp³-hybridized carbons (Fsp3) is 0.222. The number of allylic oxidation sites excluding steroid dienone is 5. The van der Waals surface area contributed by atoms with Crippen LogP contribution < -0.4 is 0 Å². The summed E-state index contributed by atoms with van der Waals surface area (Å²) in [6, 6.07) is 9.94. The van der Waals surface area contributed by atoms with Crippen molar-refractivity contribution >= 4 is 0 Å². The Labute approximate surface area is 113 Å². The molecule has 0 aliphatic rings. The highest BCUT2D eigenvalue weighted by Gasteiger charge is 1.84. The molecule has 18 heavy (non-hydrogen) atoms. The first-order valence-electron chi connectivity index (χ1n) is 5.89. The van der Waals surface area contributed by atoms with Gasteiger partial charge >= 0.3 is 0 Å². The van der Waals surface area contributed by atoms with Crippen molar-refractivity contribution in [3.05, 3.63) is 72.4 Å². The van der Waals surface area contributed by atoms with E-state index in [1.165, 1.54) is 0 Å². The van der Waals surface area contributed by atoms with Gasteiger partial charge in [-0.05, 0) is 25.1 Å². The largest absolute Gasteiger partial charge is 0.0990 e. The molecule has 0 bridgehead atoms. The lowest BCUT2D eigenvalue weighted by molar-refractivity contribution is 1.50. The Bertz CT molecular complexity index is 422. The lowest BCUT2D eigenvalue weighted by Gasteiger charge is -1.88. The van der Waals surface area contributed by atoms with E-state index >= 15 is 0 Å². The van der Waals surface area contributed by atoms with Crippen molar-refractivity contribution < 1.29 is 0 Å². The van der Waals surface area contributed by atoms with Crippen LogP contribution in [0.25, 0.3) is 0 Å². The van der Waals surface area contributed by atoms with Crippen molar-refractivity contribution in [2.45, 2.75) is 28.2 Å².